The molecule has 0 spiro atoms. The summed E-state index contributed by atoms with van der Waals surface area (Å²) < 4.78 is 7.45. The van der Waals surface area contributed by atoms with Crippen LogP contribution >= 0.6 is 0 Å². The zero-order valence-electron chi connectivity index (χ0n) is 9.89. The van der Waals surface area contributed by atoms with Gasteiger partial charge < -0.3 is 9.30 Å². The quantitative estimate of drug-likeness (QED) is 0.766. The van der Waals surface area contributed by atoms with Crippen molar-refractivity contribution < 1.29 is 4.74 Å². The van der Waals surface area contributed by atoms with Crippen molar-refractivity contribution in [2.24, 2.45) is 0 Å². The first-order chi connectivity index (χ1) is 8.35. The normalized spacial score (nSPS) is 16.2. The Hall–Kier alpha value is -1.96. The van der Waals surface area contributed by atoms with E-state index in [4.69, 9.17) is 4.74 Å². The first-order valence-electron chi connectivity index (χ1n) is 5.83. The van der Waals surface area contributed by atoms with E-state index in [9.17, 15) is 0 Å². The largest absolute Gasteiger partial charge is 0.497 e. The van der Waals surface area contributed by atoms with Crippen LogP contribution in [0.15, 0.2) is 48.2 Å². The van der Waals surface area contributed by atoms with Crippen LogP contribution in [0.4, 0.5) is 0 Å². The monoisotopic (exact) mass is 225 g/mol. The van der Waals surface area contributed by atoms with Gasteiger partial charge in [-0.25, -0.2) is 0 Å². The van der Waals surface area contributed by atoms with Crippen molar-refractivity contribution in [3.63, 3.8) is 0 Å². The molecule has 0 aliphatic carbocycles. The fourth-order valence-corrected chi connectivity index (χ4v) is 2.30. The Labute approximate surface area is 101 Å². The van der Waals surface area contributed by atoms with Crippen LogP contribution in [-0.4, -0.2) is 11.7 Å². The minimum atomic E-state index is 0.907. The van der Waals surface area contributed by atoms with Gasteiger partial charge in [0.25, 0.3) is 0 Å². The van der Waals surface area contributed by atoms with Crippen LogP contribution in [0.2, 0.25) is 0 Å². The third kappa shape index (κ3) is 1.98. The van der Waals surface area contributed by atoms with Gasteiger partial charge in [0.2, 0.25) is 0 Å². The lowest BCUT2D eigenvalue weighted by Gasteiger charge is -2.01. The van der Waals surface area contributed by atoms with Gasteiger partial charge >= 0.3 is 0 Å². The van der Waals surface area contributed by atoms with E-state index in [1.807, 2.05) is 12.1 Å². The molecule has 2 heteroatoms. The molecule has 1 aliphatic heterocycles. The summed E-state index contributed by atoms with van der Waals surface area (Å²) in [6.45, 7) is 1.02. The summed E-state index contributed by atoms with van der Waals surface area (Å²) >= 11 is 0. The second-order valence-electron chi connectivity index (χ2n) is 4.38. The zero-order chi connectivity index (χ0) is 11.7. The average Bonchev–Trinajstić information content (AvgIpc) is 2.90. The van der Waals surface area contributed by atoms with E-state index in [2.05, 4.69) is 41.1 Å². The van der Waals surface area contributed by atoms with Gasteiger partial charge in [-0.2, -0.15) is 0 Å². The van der Waals surface area contributed by atoms with Crippen LogP contribution in [0.5, 0.6) is 5.75 Å². The van der Waals surface area contributed by atoms with E-state index >= 15 is 0 Å². The topological polar surface area (TPSA) is 14.2 Å². The predicted molar refractivity (Wildman–Crippen MR) is 69.1 cm³/mol. The molecule has 0 radical (unpaired) electrons. The highest BCUT2D eigenvalue weighted by Crippen LogP contribution is 2.23. The molecule has 1 aliphatic rings. The van der Waals surface area contributed by atoms with Crippen LogP contribution in [0, 0.1) is 0 Å². The number of fused-ring (bicyclic) bond motifs is 1. The summed E-state index contributed by atoms with van der Waals surface area (Å²) in [5.41, 5.74) is 4.11. The summed E-state index contributed by atoms with van der Waals surface area (Å²) in [5.74, 6) is 0.907. The molecule has 1 aromatic carbocycles. The molecule has 1 aromatic heterocycles. The molecule has 2 nitrogen and oxygen atoms in total. The van der Waals surface area contributed by atoms with Crippen LogP contribution < -0.4 is 4.74 Å². The lowest BCUT2D eigenvalue weighted by molar-refractivity contribution is 0.415. The van der Waals surface area contributed by atoms with Gasteiger partial charge in [-0.1, -0.05) is 18.2 Å². The summed E-state index contributed by atoms with van der Waals surface area (Å²) in [5, 5.41) is 0. The molecule has 0 unspecified atom stereocenters. The molecule has 3 rings (SSSR count). The van der Waals surface area contributed by atoms with Crippen molar-refractivity contribution in [2.75, 3.05) is 7.11 Å². The summed E-state index contributed by atoms with van der Waals surface area (Å²) in [7, 11) is 1.69. The third-order valence-corrected chi connectivity index (χ3v) is 3.19. The van der Waals surface area contributed by atoms with Crippen molar-refractivity contribution in [1.29, 1.82) is 0 Å². The highest BCUT2D eigenvalue weighted by molar-refractivity contribution is 5.55. The Morgan fingerprint density at radius 2 is 2.00 bits per heavy atom. The first-order valence-corrected chi connectivity index (χ1v) is 5.83. The van der Waals surface area contributed by atoms with Crippen molar-refractivity contribution in [1.82, 2.24) is 4.57 Å². The van der Waals surface area contributed by atoms with Crippen LogP contribution in [0.3, 0.4) is 0 Å². The van der Waals surface area contributed by atoms with E-state index in [1.54, 1.807) is 7.11 Å². The molecule has 0 saturated heterocycles. The number of hydrogen-bond acceptors (Lipinski definition) is 1. The molecular formula is C15H15NO. The Morgan fingerprint density at radius 1 is 1.18 bits per heavy atom. The maximum Gasteiger partial charge on any atom is 0.118 e. The second kappa shape index (κ2) is 4.13. The molecule has 0 atom stereocenters. The predicted octanol–water partition coefficient (Wildman–Crippen LogP) is 3.14. The number of allylic oxidation sites excluding steroid dienone is 1. The van der Waals surface area contributed by atoms with Crippen molar-refractivity contribution >= 4 is 6.08 Å². The van der Waals surface area contributed by atoms with Gasteiger partial charge in [-0.3, -0.25) is 0 Å². The number of aromatic nitrogens is 1. The minimum absolute atomic E-state index is 0.907. The number of benzene rings is 1. The van der Waals surface area contributed by atoms with Crippen LogP contribution in [-0.2, 0) is 13.0 Å². The Balaban J connectivity index is 1.80. The summed E-state index contributed by atoms with van der Waals surface area (Å²) in [4.78, 5) is 0. The number of ether oxygens (including phenoxy) is 1. The number of hydrogen-bond donors (Lipinski definition) is 0. The van der Waals surface area contributed by atoms with Crippen molar-refractivity contribution in [2.45, 2.75) is 13.0 Å². The smallest absolute Gasteiger partial charge is 0.118 e. The Morgan fingerprint density at radius 3 is 2.71 bits per heavy atom. The lowest BCUT2D eigenvalue weighted by atomic mass is 10.1. The van der Waals surface area contributed by atoms with Gasteiger partial charge in [-0.15, -0.1) is 0 Å². The van der Waals surface area contributed by atoms with Crippen molar-refractivity contribution in [3.8, 4) is 5.75 Å². The van der Waals surface area contributed by atoms with Crippen molar-refractivity contribution in [3.05, 3.63) is 59.4 Å². The van der Waals surface area contributed by atoms with Crippen LogP contribution in [0.1, 0.15) is 11.3 Å². The van der Waals surface area contributed by atoms with E-state index in [0.29, 0.717) is 0 Å². The fourth-order valence-electron chi connectivity index (χ4n) is 2.30. The molecule has 2 heterocycles. The lowest BCUT2D eigenvalue weighted by Crippen LogP contribution is -1.89. The molecule has 86 valence electrons. The molecule has 0 saturated carbocycles. The first kappa shape index (κ1) is 10.2. The van der Waals surface area contributed by atoms with Gasteiger partial charge in [0.1, 0.15) is 5.75 Å². The molecule has 0 amide bonds. The van der Waals surface area contributed by atoms with Gasteiger partial charge in [0, 0.05) is 24.9 Å². The number of methoxy groups -OCH3 is 1. The minimum Gasteiger partial charge on any atom is -0.497 e. The van der Waals surface area contributed by atoms with Gasteiger partial charge in [-0.05, 0) is 35.4 Å². The summed E-state index contributed by atoms with van der Waals surface area (Å²) in [6.07, 6.45) is 5.48. The Bertz CT molecular complexity index is 526. The second-order valence-corrected chi connectivity index (χ2v) is 4.38. The van der Waals surface area contributed by atoms with Crippen LogP contribution in [0.25, 0.3) is 6.08 Å². The maximum atomic E-state index is 5.15. The molecule has 2 aromatic rings. The zero-order valence-corrected chi connectivity index (χ0v) is 9.89. The van der Waals surface area contributed by atoms with Gasteiger partial charge in [0.15, 0.2) is 0 Å². The Kier molecular flexibility index (Phi) is 2.48. The van der Waals surface area contributed by atoms with E-state index in [-0.39, 0.29) is 0 Å². The molecule has 0 fully saturated rings. The maximum absolute atomic E-state index is 5.15. The fraction of sp³-hybridized carbons (Fsp3) is 0.200. The highest BCUT2D eigenvalue weighted by atomic mass is 16.5. The SMILES string of the molecule is COc1ccc(/C=C2\Cc3cccn3C2)cc1. The highest BCUT2D eigenvalue weighted by Gasteiger charge is 2.13. The standard InChI is InChI=1S/C15H15NO/c1-17-15-6-4-12(5-7-15)9-13-10-14-3-2-8-16(14)11-13/h2-9H,10-11H2,1H3/b13-9+. The number of rotatable bonds is 2. The molecule has 17 heavy (non-hydrogen) atoms. The van der Waals surface area contributed by atoms with E-state index in [0.717, 1.165) is 18.7 Å². The molecule has 0 N–H and O–H groups in total. The molecule has 0 bridgehead atoms. The average molecular weight is 225 g/mol. The van der Waals surface area contributed by atoms with Gasteiger partial charge in [0.05, 0.1) is 7.11 Å². The van der Waals surface area contributed by atoms with E-state index < -0.39 is 0 Å². The molecular weight excluding hydrogens is 210 g/mol. The van der Waals surface area contributed by atoms with E-state index in [1.165, 1.54) is 16.8 Å². The number of nitrogens with zero attached hydrogens (tertiary/aromatic N) is 1. The summed E-state index contributed by atoms with van der Waals surface area (Å²) in [6, 6.07) is 12.5. The third-order valence-electron chi connectivity index (χ3n) is 3.19.